The third-order valence-electron chi connectivity index (χ3n) is 5.89. The number of nitrogens with one attached hydrogen (secondary N) is 3. The number of phenolic OH excluding ortho intramolecular Hbond substituents is 1. The molecule has 0 bridgehead atoms. The highest BCUT2D eigenvalue weighted by Gasteiger charge is 2.30. The molecular formula is C25H38N6O9. The highest BCUT2D eigenvalue weighted by molar-refractivity contribution is 5.94. The normalized spacial score (nSPS) is 13.8. The van der Waals surface area contributed by atoms with E-state index in [0.29, 0.717) is 24.9 Å². The standard InChI is InChI=1S/C25H38N6O9/c26-12-2-1-3-17(29-22(36)16(27)8-11-21(34)35)23(37)30-18(9-10-20(28)33)24(38)31-19(25(39)40)13-14-4-6-15(32)7-5-14/h4-7,16-19,32H,1-3,8-13,26-27H2,(H2,28,33)(H,29,36)(H,30,37)(H,31,38)(H,34,35)(H,39,40). The van der Waals surface area contributed by atoms with Gasteiger partial charge in [0.25, 0.3) is 0 Å². The maximum absolute atomic E-state index is 13.1. The highest BCUT2D eigenvalue weighted by atomic mass is 16.4. The van der Waals surface area contributed by atoms with Crippen molar-refractivity contribution in [1.29, 1.82) is 0 Å². The number of hydrogen-bond donors (Lipinski definition) is 9. The molecule has 0 aliphatic rings. The molecule has 0 aliphatic heterocycles. The Hall–Kier alpha value is -4.24. The number of unbranched alkanes of at least 4 members (excludes halogenated alkanes) is 1. The summed E-state index contributed by atoms with van der Waals surface area (Å²) in [4.78, 5) is 72.7. The molecule has 0 spiro atoms. The van der Waals surface area contributed by atoms with Crippen LogP contribution in [-0.2, 0) is 35.2 Å². The van der Waals surface area contributed by atoms with Gasteiger partial charge >= 0.3 is 11.9 Å². The van der Waals surface area contributed by atoms with Crippen molar-refractivity contribution >= 4 is 35.6 Å². The Labute approximate surface area is 230 Å². The lowest BCUT2D eigenvalue weighted by molar-refractivity contribution is -0.142. The van der Waals surface area contributed by atoms with Crippen molar-refractivity contribution in [1.82, 2.24) is 16.0 Å². The lowest BCUT2D eigenvalue weighted by Crippen LogP contribution is -2.57. The largest absolute Gasteiger partial charge is 0.508 e. The number of amides is 4. The van der Waals surface area contributed by atoms with Gasteiger partial charge in [-0.2, -0.15) is 0 Å². The number of carboxylic acid groups (broad SMARTS) is 2. The van der Waals surface area contributed by atoms with Crippen molar-refractivity contribution in [2.75, 3.05) is 6.54 Å². The van der Waals surface area contributed by atoms with Gasteiger partial charge in [0.1, 0.15) is 23.9 Å². The van der Waals surface area contributed by atoms with E-state index in [0.717, 1.165) is 0 Å². The molecule has 4 amide bonds. The SMILES string of the molecule is NCCCCC(NC(=O)C(N)CCC(=O)O)C(=O)NC(CCC(N)=O)C(=O)NC(Cc1ccc(O)cc1)C(=O)O. The van der Waals surface area contributed by atoms with Crippen LogP contribution in [0.15, 0.2) is 24.3 Å². The van der Waals surface area contributed by atoms with Crippen molar-refractivity contribution < 1.29 is 44.1 Å². The number of aliphatic carboxylic acids is 2. The van der Waals surface area contributed by atoms with Gasteiger partial charge in [-0.15, -0.1) is 0 Å². The fourth-order valence-corrected chi connectivity index (χ4v) is 3.62. The average Bonchev–Trinajstić information content (AvgIpc) is 2.89. The van der Waals surface area contributed by atoms with Gasteiger partial charge in [-0.3, -0.25) is 24.0 Å². The van der Waals surface area contributed by atoms with Crippen molar-refractivity contribution in [2.45, 2.75) is 75.5 Å². The molecule has 0 radical (unpaired) electrons. The third-order valence-corrected chi connectivity index (χ3v) is 5.89. The zero-order valence-corrected chi connectivity index (χ0v) is 22.0. The molecule has 12 N–H and O–H groups in total. The minimum atomic E-state index is -1.41. The molecule has 1 aromatic carbocycles. The number of carboxylic acids is 2. The number of primary amides is 1. The molecule has 15 heteroatoms. The van der Waals surface area contributed by atoms with E-state index in [1.807, 2.05) is 0 Å². The number of benzene rings is 1. The number of nitrogens with two attached hydrogens (primary N) is 3. The lowest BCUT2D eigenvalue weighted by atomic mass is 10.0. The summed E-state index contributed by atoms with van der Waals surface area (Å²) < 4.78 is 0. The molecule has 222 valence electrons. The lowest BCUT2D eigenvalue weighted by Gasteiger charge is -2.25. The van der Waals surface area contributed by atoms with E-state index in [9.17, 15) is 39.0 Å². The van der Waals surface area contributed by atoms with Crippen LogP contribution in [0, 0.1) is 0 Å². The van der Waals surface area contributed by atoms with E-state index in [-0.39, 0.29) is 44.3 Å². The van der Waals surface area contributed by atoms with Crippen LogP contribution >= 0.6 is 0 Å². The summed E-state index contributed by atoms with van der Waals surface area (Å²) in [6, 6.07) is 0.529. The number of hydrogen-bond acceptors (Lipinski definition) is 9. The Kier molecular flexibility index (Phi) is 14.7. The van der Waals surface area contributed by atoms with Crippen molar-refractivity contribution in [3.63, 3.8) is 0 Å². The Balaban J connectivity index is 3.04. The van der Waals surface area contributed by atoms with E-state index >= 15 is 0 Å². The summed E-state index contributed by atoms with van der Waals surface area (Å²) >= 11 is 0. The zero-order valence-electron chi connectivity index (χ0n) is 22.0. The van der Waals surface area contributed by atoms with Crippen molar-refractivity contribution in [3.05, 3.63) is 29.8 Å². The highest BCUT2D eigenvalue weighted by Crippen LogP contribution is 2.12. The van der Waals surface area contributed by atoms with Crippen molar-refractivity contribution in [3.8, 4) is 5.75 Å². The first kappa shape index (κ1) is 33.8. The van der Waals surface area contributed by atoms with Gasteiger partial charge in [0.2, 0.25) is 23.6 Å². The number of phenols is 1. The maximum atomic E-state index is 13.1. The molecule has 0 fully saturated rings. The fourth-order valence-electron chi connectivity index (χ4n) is 3.62. The van der Waals surface area contributed by atoms with E-state index in [1.54, 1.807) is 0 Å². The molecule has 15 nitrogen and oxygen atoms in total. The molecule has 0 aromatic heterocycles. The summed E-state index contributed by atoms with van der Waals surface area (Å²) in [5.74, 6) is -5.76. The monoisotopic (exact) mass is 566 g/mol. The van der Waals surface area contributed by atoms with Gasteiger partial charge in [0.15, 0.2) is 0 Å². The number of carbonyl (C=O) groups is 6. The molecule has 40 heavy (non-hydrogen) atoms. The van der Waals surface area contributed by atoms with Gasteiger partial charge in [-0.05, 0) is 56.3 Å². The predicted octanol–water partition coefficient (Wildman–Crippen LogP) is -1.94. The second-order valence-electron chi connectivity index (χ2n) is 9.22. The van der Waals surface area contributed by atoms with Crippen LogP contribution in [0.25, 0.3) is 0 Å². The van der Waals surface area contributed by atoms with Crippen LogP contribution in [0.3, 0.4) is 0 Å². The van der Waals surface area contributed by atoms with Crippen molar-refractivity contribution in [2.24, 2.45) is 17.2 Å². The minimum Gasteiger partial charge on any atom is -0.508 e. The average molecular weight is 567 g/mol. The molecule has 0 heterocycles. The molecule has 4 unspecified atom stereocenters. The minimum absolute atomic E-state index is 0.0233. The first-order valence-electron chi connectivity index (χ1n) is 12.7. The molecular weight excluding hydrogens is 528 g/mol. The Bertz CT molecular complexity index is 1030. The summed E-state index contributed by atoms with van der Waals surface area (Å²) in [6.07, 6.45) is -0.160. The number of rotatable bonds is 19. The number of aromatic hydroxyl groups is 1. The second-order valence-corrected chi connectivity index (χ2v) is 9.22. The van der Waals surface area contributed by atoms with Gasteiger partial charge in [-0.1, -0.05) is 12.1 Å². The summed E-state index contributed by atoms with van der Waals surface area (Å²) in [6.45, 7) is 0.321. The smallest absolute Gasteiger partial charge is 0.326 e. The van der Waals surface area contributed by atoms with Crippen LogP contribution in [0.4, 0.5) is 0 Å². The Morgan fingerprint density at radius 3 is 1.82 bits per heavy atom. The predicted molar refractivity (Wildman–Crippen MR) is 141 cm³/mol. The van der Waals surface area contributed by atoms with Gasteiger partial charge in [0, 0.05) is 19.3 Å². The van der Waals surface area contributed by atoms with Crippen LogP contribution in [0.2, 0.25) is 0 Å². The van der Waals surface area contributed by atoms with Gasteiger partial charge < -0.3 is 48.5 Å². The van der Waals surface area contributed by atoms with Crippen LogP contribution in [0.5, 0.6) is 5.75 Å². The first-order chi connectivity index (χ1) is 18.8. The quantitative estimate of drug-likeness (QED) is 0.0830. The first-order valence-corrected chi connectivity index (χ1v) is 12.7. The van der Waals surface area contributed by atoms with E-state index < -0.39 is 59.7 Å². The van der Waals surface area contributed by atoms with Crippen LogP contribution in [-0.4, -0.2) is 81.6 Å². The molecule has 0 saturated heterocycles. The van der Waals surface area contributed by atoms with Gasteiger partial charge in [0.05, 0.1) is 6.04 Å². The topological polar surface area (TPSA) is 277 Å². The van der Waals surface area contributed by atoms with Gasteiger partial charge in [-0.25, -0.2) is 4.79 Å². The van der Waals surface area contributed by atoms with Crippen LogP contribution in [0.1, 0.15) is 50.5 Å². The summed E-state index contributed by atoms with van der Waals surface area (Å²) in [7, 11) is 0. The summed E-state index contributed by atoms with van der Waals surface area (Å²) in [5.41, 5.74) is 17.0. The summed E-state index contributed by atoms with van der Waals surface area (Å²) in [5, 5.41) is 35.1. The Morgan fingerprint density at radius 1 is 0.750 bits per heavy atom. The van der Waals surface area contributed by atoms with E-state index in [2.05, 4.69) is 16.0 Å². The fraction of sp³-hybridized carbons (Fsp3) is 0.520. The molecule has 1 rings (SSSR count). The molecule has 0 aliphatic carbocycles. The third kappa shape index (κ3) is 13.0. The molecule has 0 saturated carbocycles. The van der Waals surface area contributed by atoms with Crippen LogP contribution < -0.4 is 33.2 Å². The van der Waals surface area contributed by atoms with E-state index in [4.69, 9.17) is 22.3 Å². The number of carbonyl (C=O) groups excluding carboxylic acids is 4. The van der Waals surface area contributed by atoms with E-state index in [1.165, 1.54) is 24.3 Å². The molecule has 4 atom stereocenters. The molecule has 1 aromatic rings. The second kappa shape index (κ2) is 17.4. The maximum Gasteiger partial charge on any atom is 0.326 e. The Morgan fingerprint density at radius 2 is 1.30 bits per heavy atom. The zero-order chi connectivity index (χ0) is 30.2.